The van der Waals surface area contributed by atoms with E-state index >= 15 is 0 Å². The Morgan fingerprint density at radius 2 is 2.17 bits per heavy atom. The Labute approximate surface area is 137 Å². The third-order valence-corrected chi connectivity index (χ3v) is 4.30. The van der Waals surface area contributed by atoms with Crippen molar-refractivity contribution in [1.82, 2.24) is 15.2 Å². The summed E-state index contributed by atoms with van der Waals surface area (Å²) in [4.78, 5) is 26.5. The fraction of sp³-hybridized carbons (Fsp3) is 0.267. The average Bonchev–Trinajstić information content (AvgIpc) is 2.56. The number of nitriles is 1. The number of aromatic amines is 1. The monoisotopic (exact) mass is 329 g/mol. The Bertz CT molecular complexity index is 812. The Kier molecular flexibility index (Phi) is 5.49. The molecule has 1 atom stereocenters. The summed E-state index contributed by atoms with van der Waals surface area (Å²) in [5.74, 6) is -0.261. The summed E-state index contributed by atoms with van der Waals surface area (Å²) in [5.41, 5.74) is 0.800. The second kappa shape index (κ2) is 7.56. The van der Waals surface area contributed by atoms with E-state index in [1.165, 1.54) is 0 Å². The van der Waals surface area contributed by atoms with Gasteiger partial charge in [-0.1, -0.05) is 30.8 Å². The predicted molar refractivity (Wildman–Crippen MR) is 87.1 cm³/mol. The molecule has 8 heteroatoms. The van der Waals surface area contributed by atoms with Crippen LogP contribution in [0.3, 0.4) is 0 Å². The number of thioether (sulfide) groups is 1. The molecule has 0 bridgehead atoms. The van der Waals surface area contributed by atoms with Crippen LogP contribution in [-0.4, -0.2) is 26.3 Å². The maximum atomic E-state index is 12.4. The number of hydrogen-bond acceptors (Lipinski definition) is 6. The van der Waals surface area contributed by atoms with Gasteiger partial charge in [-0.2, -0.15) is 5.26 Å². The molecule has 2 N–H and O–H groups in total. The van der Waals surface area contributed by atoms with Crippen LogP contribution in [-0.2, 0) is 4.79 Å². The van der Waals surface area contributed by atoms with Gasteiger partial charge >= 0.3 is 0 Å². The van der Waals surface area contributed by atoms with Gasteiger partial charge in [0.2, 0.25) is 5.91 Å². The molecule has 1 aromatic heterocycles. The first kappa shape index (κ1) is 16.7. The first-order chi connectivity index (χ1) is 11.0. The highest BCUT2D eigenvalue weighted by molar-refractivity contribution is 8.00. The van der Waals surface area contributed by atoms with E-state index in [1.54, 1.807) is 31.2 Å². The number of para-hydroxylation sites is 1. The Morgan fingerprint density at radius 3 is 2.83 bits per heavy atom. The minimum absolute atomic E-state index is 0.261. The molecule has 0 spiro atoms. The zero-order valence-electron chi connectivity index (χ0n) is 12.7. The van der Waals surface area contributed by atoms with Gasteiger partial charge in [-0.05, 0) is 25.5 Å². The average molecular weight is 329 g/mol. The van der Waals surface area contributed by atoms with Gasteiger partial charge in [-0.3, -0.25) is 14.6 Å². The van der Waals surface area contributed by atoms with Gasteiger partial charge in [0.15, 0.2) is 5.16 Å². The van der Waals surface area contributed by atoms with Crippen molar-refractivity contribution in [3.8, 4) is 6.07 Å². The fourth-order valence-corrected chi connectivity index (χ4v) is 2.63. The quantitative estimate of drug-likeness (QED) is 0.810. The molecule has 0 saturated carbocycles. The molecule has 0 fully saturated rings. The minimum atomic E-state index is -0.464. The number of aryl methyl sites for hydroxylation is 1. The summed E-state index contributed by atoms with van der Waals surface area (Å²) >= 11 is 1.13. The number of carbonyl (C=O) groups is 1. The van der Waals surface area contributed by atoms with E-state index in [0.29, 0.717) is 17.7 Å². The molecule has 0 saturated heterocycles. The summed E-state index contributed by atoms with van der Waals surface area (Å²) < 4.78 is 0. The normalized spacial score (nSPS) is 11.5. The number of nitrogens with one attached hydrogen (secondary N) is 2. The summed E-state index contributed by atoms with van der Waals surface area (Å²) in [5, 5.41) is 19.2. The minimum Gasteiger partial charge on any atom is -0.324 e. The van der Waals surface area contributed by atoms with Gasteiger partial charge in [0, 0.05) is 0 Å². The fourth-order valence-electron chi connectivity index (χ4n) is 1.79. The molecule has 1 amide bonds. The highest BCUT2D eigenvalue weighted by Crippen LogP contribution is 2.23. The van der Waals surface area contributed by atoms with Crippen molar-refractivity contribution < 1.29 is 4.79 Å². The smallest absolute Gasteiger partial charge is 0.273 e. The zero-order chi connectivity index (χ0) is 16.8. The van der Waals surface area contributed by atoms with Crippen molar-refractivity contribution in [1.29, 1.82) is 5.26 Å². The molecular formula is C15H15N5O2S. The lowest BCUT2D eigenvalue weighted by Gasteiger charge is -2.14. The van der Waals surface area contributed by atoms with E-state index in [4.69, 9.17) is 5.26 Å². The number of benzene rings is 1. The van der Waals surface area contributed by atoms with Crippen LogP contribution in [0.4, 0.5) is 5.69 Å². The van der Waals surface area contributed by atoms with Crippen molar-refractivity contribution in [3.63, 3.8) is 0 Å². The largest absolute Gasteiger partial charge is 0.324 e. The van der Waals surface area contributed by atoms with E-state index < -0.39 is 5.25 Å². The van der Waals surface area contributed by atoms with Crippen LogP contribution < -0.4 is 10.9 Å². The number of amides is 1. The molecule has 118 valence electrons. The summed E-state index contributed by atoms with van der Waals surface area (Å²) in [7, 11) is 0. The first-order valence-electron chi connectivity index (χ1n) is 6.95. The number of nitrogens with zero attached hydrogens (tertiary/aromatic N) is 3. The molecule has 2 rings (SSSR count). The highest BCUT2D eigenvalue weighted by Gasteiger charge is 2.20. The van der Waals surface area contributed by atoms with Gasteiger partial charge in [-0.15, -0.1) is 10.2 Å². The van der Waals surface area contributed by atoms with Gasteiger partial charge < -0.3 is 5.32 Å². The van der Waals surface area contributed by atoms with Crippen molar-refractivity contribution >= 4 is 23.4 Å². The van der Waals surface area contributed by atoms with Gasteiger partial charge in [-0.25, -0.2) is 0 Å². The van der Waals surface area contributed by atoms with Crippen LogP contribution in [0.5, 0.6) is 0 Å². The lowest BCUT2D eigenvalue weighted by Crippen LogP contribution is -2.26. The molecule has 0 aliphatic rings. The maximum Gasteiger partial charge on any atom is 0.273 e. The van der Waals surface area contributed by atoms with Crippen molar-refractivity contribution in [2.24, 2.45) is 0 Å². The van der Waals surface area contributed by atoms with Crippen LogP contribution in [0.25, 0.3) is 0 Å². The third-order valence-electron chi connectivity index (χ3n) is 3.06. The van der Waals surface area contributed by atoms with Gasteiger partial charge in [0.1, 0.15) is 11.8 Å². The summed E-state index contributed by atoms with van der Waals surface area (Å²) in [6.45, 7) is 3.41. The van der Waals surface area contributed by atoms with Crippen LogP contribution in [0.2, 0.25) is 0 Å². The van der Waals surface area contributed by atoms with Crippen LogP contribution in [0, 0.1) is 18.3 Å². The lowest BCUT2D eigenvalue weighted by molar-refractivity contribution is -0.115. The molecule has 0 radical (unpaired) electrons. The molecule has 23 heavy (non-hydrogen) atoms. The second-order valence-corrected chi connectivity index (χ2v) is 5.90. The summed E-state index contributed by atoms with van der Waals surface area (Å²) in [6.07, 6.45) is 0.531. The summed E-state index contributed by atoms with van der Waals surface area (Å²) in [6, 6.07) is 8.80. The maximum absolute atomic E-state index is 12.4. The molecule has 0 aliphatic heterocycles. The zero-order valence-corrected chi connectivity index (χ0v) is 13.5. The molecule has 2 aromatic rings. The van der Waals surface area contributed by atoms with Crippen LogP contribution >= 0.6 is 11.8 Å². The molecular weight excluding hydrogens is 314 g/mol. The van der Waals surface area contributed by atoms with Crippen LogP contribution in [0.1, 0.15) is 24.6 Å². The SMILES string of the molecule is CC[C@@H](Sc1nnc(C)c(=O)[nH]1)C(=O)Nc1ccccc1C#N. The molecule has 1 heterocycles. The Morgan fingerprint density at radius 1 is 1.43 bits per heavy atom. The Hall–Kier alpha value is -2.66. The van der Waals surface area contributed by atoms with E-state index in [-0.39, 0.29) is 22.3 Å². The second-order valence-electron chi connectivity index (χ2n) is 4.71. The third kappa shape index (κ3) is 4.17. The first-order valence-corrected chi connectivity index (χ1v) is 7.83. The molecule has 1 aromatic carbocycles. The van der Waals surface area contributed by atoms with Crippen molar-refractivity contribution in [2.45, 2.75) is 30.7 Å². The molecule has 0 aliphatic carbocycles. The lowest BCUT2D eigenvalue weighted by atomic mass is 10.2. The van der Waals surface area contributed by atoms with E-state index in [9.17, 15) is 9.59 Å². The Balaban J connectivity index is 2.14. The van der Waals surface area contributed by atoms with Crippen LogP contribution in [0.15, 0.2) is 34.2 Å². The predicted octanol–water partition coefficient (Wildman–Crippen LogP) is 1.85. The highest BCUT2D eigenvalue weighted by atomic mass is 32.2. The number of H-pyrrole nitrogens is 1. The number of rotatable bonds is 5. The topological polar surface area (TPSA) is 112 Å². The number of hydrogen-bond donors (Lipinski definition) is 2. The number of anilines is 1. The standard InChI is InChI=1S/C15H15N5O2S/c1-3-12(23-15-18-13(21)9(2)19-20-15)14(22)17-11-7-5-4-6-10(11)8-16/h4-7,12H,3H2,1-2H3,(H,17,22)(H,18,20,21)/t12-/m1/s1. The van der Waals surface area contributed by atoms with E-state index in [0.717, 1.165) is 11.8 Å². The molecule has 7 nitrogen and oxygen atoms in total. The van der Waals surface area contributed by atoms with Crippen molar-refractivity contribution in [2.75, 3.05) is 5.32 Å². The van der Waals surface area contributed by atoms with E-state index in [1.807, 2.05) is 13.0 Å². The number of carbonyl (C=O) groups excluding carboxylic acids is 1. The van der Waals surface area contributed by atoms with Gasteiger partial charge in [0.25, 0.3) is 5.56 Å². The number of aromatic nitrogens is 3. The molecule has 0 unspecified atom stereocenters. The van der Waals surface area contributed by atoms with Gasteiger partial charge in [0.05, 0.1) is 16.5 Å². The van der Waals surface area contributed by atoms with Crippen molar-refractivity contribution in [3.05, 3.63) is 45.9 Å². The van der Waals surface area contributed by atoms with E-state index in [2.05, 4.69) is 20.5 Å².